The van der Waals surface area contributed by atoms with Crippen LogP contribution >= 0.6 is 0 Å². The number of hydrogen-bond acceptors (Lipinski definition) is 7. The Bertz CT molecular complexity index is 875. The van der Waals surface area contributed by atoms with E-state index in [0.29, 0.717) is 17.2 Å². The first kappa shape index (κ1) is 14.8. The molecule has 2 heterocycles. The highest BCUT2D eigenvalue weighted by atomic mass is 16.5. The van der Waals surface area contributed by atoms with Gasteiger partial charge in [-0.1, -0.05) is 12.1 Å². The minimum Gasteiger partial charge on any atom is -0.497 e. The van der Waals surface area contributed by atoms with Crippen LogP contribution in [-0.2, 0) is 4.74 Å². The van der Waals surface area contributed by atoms with E-state index in [-0.39, 0.29) is 18.1 Å². The summed E-state index contributed by atoms with van der Waals surface area (Å²) in [4.78, 5) is 20.4. The number of nitrogen functional groups attached to an aromatic ring is 1. The average molecular weight is 313 g/mol. The highest BCUT2D eigenvalue weighted by Crippen LogP contribution is 2.23. The summed E-state index contributed by atoms with van der Waals surface area (Å²) in [6.45, 7) is 1.98. The number of benzene rings is 1. The summed E-state index contributed by atoms with van der Waals surface area (Å²) < 4.78 is 11.5. The zero-order valence-corrected chi connectivity index (χ0v) is 12.7. The quantitative estimate of drug-likeness (QED) is 0.729. The van der Waals surface area contributed by atoms with Crippen molar-refractivity contribution in [2.75, 3.05) is 19.5 Å². The second-order valence-electron chi connectivity index (χ2n) is 4.65. The maximum absolute atomic E-state index is 12.0. The topological polar surface area (TPSA) is 105 Å². The number of rotatable bonds is 4. The molecule has 3 aromatic rings. The molecule has 0 aliphatic heterocycles. The third-order valence-corrected chi connectivity index (χ3v) is 3.21. The molecule has 0 aliphatic rings. The van der Waals surface area contributed by atoms with Gasteiger partial charge in [0, 0.05) is 11.8 Å². The molecule has 3 rings (SSSR count). The maximum atomic E-state index is 12.0. The highest BCUT2D eigenvalue weighted by Gasteiger charge is 2.18. The highest BCUT2D eigenvalue weighted by molar-refractivity contribution is 5.95. The van der Waals surface area contributed by atoms with Crippen LogP contribution in [0, 0.1) is 0 Å². The zero-order chi connectivity index (χ0) is 16.4. The van der Waals surface area contributed by atoms with Crippen molar-refractivity contribution in [2.45, 2.75) is 6.92 Å². The molecular formula is C15H15N5O3. The number of ether oxygens (including phenoxy) is 2. The second-order valence-corrected chi connectivity index (χ2v) is 4.65. The number of anilines is 1. The summed E-state index contributed by atoms with van der Waals surface area (Å²) >= 11 is 0. The van der Waals surface area contributed by atoms with E-state index in [0.717, 1.165) is 5.56 Å². The van der Waals surface area contributed by atoms with Crippen molar-refractivity contribution in [3.8, 4) is 17.1 Å². The molecule has 1 aromatic carbocycles. The summed E-state index contributed by atoms with van der Waals surface area (Å²) in [5.74, 6) is 0.705. The Kier molecular flexibility index (Phi) is 3.80. The summed E-state index contributed by atoms with van der Waals surface area (Å²) in [5.41, 5.74) is 7.07. The number of carbonyl (C=O) groups is 1. The van der Waals surface area contributed by atoms with Gasteiger partial charge in [0.25, 0.3) is 0 Å². The van der Waals surface area contributed by atoms with Crippen molar-refractivity contribution in [3.63, 3.8) is 0 Å². The smallest absolute Gasteiger partial charge is 0.343 e. The monoisotopic (exact) mass is 313 g/mol. The van der Waals surface area contributed by atoms with E-state index in [1.165, 1.54) is 10.7 Å². The summed E-state index contributed by atoms with van der Waals surface area (Å²) in [5, 5.41) is 4.32. The van der Waals surface area contributed by atoms with Crippen LogP contribution in [0.4, 0.5) is 5.95 Å². The molecular weight excluding hydrogens is 298 g/mol. The fraction of sp³-hybridized carbons (Fsp3) is 0.200. The minimum absolute atomic E-state index is 0.134. The van der Waals surface area contributed by atoms with Gasteiger partial charge in [0.15, 0.2) is 11.5 Å². The second kappa shape index (κ2) is 5.91. The van der Waals surface area contributed by atoms with Gasteiger partial charge in [0.05, 0.1) is 13.7 Å². The van der Waals surface area contributed by atoms with Gasteiger partial charge < -0.3 is 15.2 Å². The van der Waals surface area contributed by atoms with Crippen LogP contribution in [0.5, 0.6) is 5.75 Å². The summed E-state index contributed by atoms with van der Waals surface area (Å²) in [7, 11) is 1.58. The minimum atomic E-state index is -0.519. The number of methoxy groups -OCH3 is 1. The molecule has 0 spiro atoms. The van der Waals surface area contributed by atoms with Crippen LogP contribution in [0.25, 0.3) is 17.0 Å². The van der Waals surface area contributed by atoms with Crippen molar-refractivity contribution < 1.29 is 14.3 Å². The first-order valence-corrected chi connectivity index (χ1v) is 6.96. The van der Waals surface area contributed by atoms with Crippen LogP contribution in [-0.4, -0.2) is 39.3 Å². The lowest BCUT2D eigenvalue weighted by Gasteiger charge is -2.03. The average Bonchev–Trinajstić information content (AvgIpc) is 3.01. The molecule has 0 aliphatic carbocycles. The number of aromatic nitrogens is 4. The molecule has 8 heteroatoms. The van der Waals surface area contributed by atoms with E-state index < -0.39 is 5.97 Å². The zero-order valence-electron chi connectivity index (χ0n) is 12.7. The number of esters is 1. The standard InChI is InChI=1S/C15H15N5O3/c1-3-23-14(21)11-8-17-15(16)20-13(11)18-12(19-20)9-5-4-6-10(7-9)22-2/h4-8H,3H2,1-2H3,(H2,16,17). The van der Waals surface area contributed by atoms with Crippen LogP contribution in [0.2, 0.25) is 0 Å². The molecule has 0 fully saturated rings. The molecule has 0 saturated heterocycles. The lowest BCUT2D eigenvalue weighted by molar-refractivity contribution is 0.0527. The summed E-state index contributed by atoms with van der Waals surface area (Å²) in [6, 6.07) is 7.28. The van der Waals surface area contributed by atoms with Crippen LogP contribution in [0.1, 0.15) is 17.3 Å². The molecule has 118 valence electrons. The number of nitrogens with zero attached hydrogens (tertiary/aromatic N) is 4. The Hall–Kier alpha value is -3.16. The predicted molar refractivity (Wildman–Crippen MR) is 83.1 cm³/mol. The summed E-state index contributed by atoms with van der Waals surface area (Å²) in [6.07, 6.45) is 1.34. The molecule has 2 aromatic heterocycles. The normalized spacial score (nSPS) is 10.7. The SMILES string of the molecule is CCOC(=O)c1cnc(N)n2nc(-c3cccc(OC)c3)nc12. The van der Waals surface area contributed by atoms with Crippen LogP contribution in [0.15, 0.2) is 30.5 Å². The van der Waals surface area contributed by atoms with E-state index >= 15 is 0 Å². The van der Waals surface area contributed by atoms with Crippen molar-refractivity contribution in [3.05, 3.63) is 36.0 Å². The third kappa shape index (κ3) is 2.66. The molecule has 0 atom stereocenters. The molecule has 23 heavy (non-hydrogen) atoms. The van der Waals surface area contributed by atoms with Crippen molar-refractivity contribution >= 4 is 17.6 Å². The van der Waals surface area contributed by atoms with Gasteiger partial charge in [0.1, 0.15) is 11.3 Å². The van der Waals surface area contributed by atoms with Gasteiger partial charge in [-0.2, -0.15) is 4.52 Å². The number of nitrogens with two attached hydrogens (primary N) is 1. The molecule has 0 saturated carbocycles. The van der Waals surface area contributed by atoms with Gasteiger partial charge in [-0.05, 0) is 19.1 Å². The first-order chi connectivity index (χ1) is 11.1. The van der Waals surface area contributed by atoms with Crippen molar-refractivity contribution in [1.29, 1.82) is 0 Å². The fourth-order valence-electron chi connectivity index (χ4n) is 2.13. The molecule has 2 N–H and O–H groups in total. The molecule has 0 unspecified atom stereocenters. The van der Waals surface area contributed by atoms with E-state index in [2.05, 4.69) is 15.1 Å². The largest absolute Gasteiger partial charge is 0.497 e. The molecule has 0 radical (unpaired) electrons. The van der Waals surface area contributed by atoms with E-state index in [1.54, 1.807) is 20.1 Å². The van der Waals surface area contributed by atoms with Crippen molar-refractivity contribution in [2.24, 2.45) is 0 Å². The predicted octanol–water partition coefficient (Wildman–Crippen LogP) is 1.56. The fourth-order valence-corrected chi connectivity index (χ4v) is 2.13. The Morgan fingerprint density at radius 1 is 1.39 bits per heavy atom. The van der Waals surface area contributed by atoms with Gasteiger partial charge in [0.2, 0.25) is 5.95 Å². The third-order valence-electron chi connectivity index (χ3n) is 3.21. The number of fused-ring (bicyclic) bond motifs is 1. The van der Waals surface area contributed by atoms with Crippen LogP contribution in [0.3, 0.4) is 0 Å². The van der Waals surface area contributed by atoms with Gasteiger partial charge >= 0.3 is 5.97 Å². The van der Waals surface area contributed by atoms with E-state index in [4.69, 9.17) is 15.2 Å². The lowest BCUT2D eigenvalue weighted by atomic mass is 10.2. The van der Waals surface area contributed by atoms with Gasteiger partial charge in [-0.15, -0.1) is 5.10 Å². The Labute approximate surface area is 131 Å². The Morgan fingerprint density at radius 3 is 2.96 bits per heavy atom. The maximum Gasteiger partial charge on any atom is 0.343 e. The lowest BCUT2D eigenvalue weighted by Crippen LogP contribution is -2.10. The molecule has 0 bridgehead atoms. The van der Waals surface area contributed by atoms with Crippen molar-refractivity contribution in [1.82, 2.24) is 19.6 Å². The van der Waals surface area contributed by atoms with Crippen LogP contribution < -0.4 is 10.5 Å². The van der Waals surface area contributed by atoms with E-state index in [1.807, 2.05) is 18.2 Å². The Balaban J connectivity index is 2.15. The van der Waals surface area contributed by atoms with Gasteiger partial charge in [-0.25, -0.2) is 14.8 Å². The number of carbonyl (C=O) groups excluding carboxylic acids is 1. The molecule has 0 amide bonds. The number of hydrogen-bond donors (Lipinski definition) is 1. The Morgan fingerprint density at radius 2 is 2.22 bits per heavy atom. The first-order valence-electron chi connectivity index (χ1n) is 6.96. The molecule has 8 nitrogen and oxygen atoms in total. The van der Waals surface area contributed by atoms with Gasteiger partial charge in [-0.3, -0.25) is 0 Å². The van der Waals surface area contributed by atoms with E-state index in [9.17, 15) is 4.79 Å².